The predicted octanol–water partition coefficient (Wildman–Crippen LogP) is 3.54. The molecular weight excluding hydrogens is 554 g/mol. The average molecular weight is 583 g/mol. The van der Waals surface area contributed by atoms with E-state index in [2.05, 4.69) is 16.5 Å². The Morgan fingerprint density at radius 3 is 2.29 bits per heavy atom. The highest BCUT2D eigenvalue weighted by atomic mass is 32.1. The minimum absolute atomic E-state index is 0.0680. The molecule has 0 saturated carbocycles. The van der Waals surface area contributed by atoms with Gasteiger partial charge in [-0.1, -0.05) is 18.7 Å². The molecule has 1 aliphatic heterocycles. The molecule has 0 bridgehead atoms. The van der Waals surface area contributed by atoms with Gasteiger partial charge < -0.3 is 24.2 Å². The molecule has 0 spiro atoms. The number of likely N-dealkylation sites (tertiary alicyclic amines) is 1. The van der Waals surface area contributed by atoms with Crippen molar-refractivity contribution in [1.82, 2.24) is 19.4 Å². The van der Waals surface area contributed by atoms with Gasteiger partial charge in [-0.25, -0.2) is 14.4 Å². The van der Waals surface area contributed by atoms with Crippen molar-refractivity contribution in [2.75, 3.05) is 27.3 Å². The molecule has 0 aliphatic carbocycles. The monoisotopic (exact) mass is 582 g/mol. The van der Waals surface area contributed by atoms with Crippen LogP contribution in [0.1, 0.15) is 17.8 Å². The molecule has 1 aliphatic rings. The van der Waals surface area contributed by atoms with Crippen LogP contribution in [-0.2, 0) is 0 Å². The standard InChI is InChI=1S/C29H28F2N4O5S/c1-16-24(28(36)34-13-11-18(12-14-34)40-21-8-5-7-19(30)25(21)31)29(37)35(27(32-16)20-15-41-17(2)33-20)26-22(38-3)9-6-10-23(26)39-4/h5-10,15,18,36H,1,11-14H2,2-4H3. The van der Waals surface area contributed by atoms with Gasteiger partial charge in [-0.05, 0) is 31.2 Å². The zero-order valence-electron chi connectivity index (χ0n) is 22.7. The first-order valence-electron chi connectivity index (χ1n) is 12.8. The van der Waals surface area contributed by atoms with Gasteiger partial charge in [0.15, 0.2) is 17.4 Å². The van der Waals surface area contributed by atoms with Crippen molar-refractivity contribution in [3.8, 4) is 34.5 Å². The summed E-state index contributed by atoms with van der Waals surface area (Å²) in [5, 5.41) is 13.9. The average Bonchev–Trinajstić information content (AvgIpc) is 3.41. The third kappa shape index (κ3) is 5.34. The molecule has 2 aromatic carbocycles. The predicted molar refractivity (Wildman–Crippen MR) is 151 cm³/mol. The SMILES string of the molecule is C=c1nc(-c2csc(C)n2)n(-c2c(OC)cccc2OC)c(=O)c1=C(O)N1CCC(Oc2cccc(F)c2F)CC1. The van der Waals surface area contributed by atoms with Crippen molar-refractivity contribution < 1.29 is 28.1 Å². The number of rotatable bonds is 7. The molecular formula is C29H28F2N4O5S. The molecule has 0 atom stereocenters. The maximum Gasteiger partial charge on any atom is 0.271 e. The van der Waals surface area contributed by atoms with E-state index >= 15 is 0 Å². The molecule has 9 nitrogen and oxygen atoms in total. The number of hydrogen-bond donors (Lipinski definition) is 1. The summed E-state index contributed by atoms with van der Waals surface area (Å²) < 4.78 is 45.8. The molecule has 0 amide bonds. The van der Waals surface area contributed by atoms with Gasteiger partial charge in [0.25, 0.3) is 5.56 Å². The highest BCUT2D eigenvalue weighted by Crippen LogP contribution is 2.33. The smallest absolute Gasteiger partial charge is 0.271 e. The first kappa shape index (κ1) is 28.1. The van der Waals surface area contributed by atoms with Crippen LogP contribution in [0, 0.1) is 18.6 Å². The Morgan fingerprint density at radius 2 is 1.68 bits per heavy atom. The van der Waals surface area contributed by atoms with Gasteiger partial charge in [0.1, 0.15) is 34.2 Å². The third-order valence-corrected chi connectivity index (χ3v) is 7.58. The number of hydrogen-bond acceptors (Lipinski definition) is 9. The lowest BCUT2D eigenvalue weighted by Crippen LogP contribution is -2.51. The van der Waals surface area contributed by atoms with E-state index in [1.807, 2.05) is 6.92 Å². The topological polar surface area (TPSA) is 98.9 Å². The molecule has 0 radical (unpaired) electrons. The van der Waals surface area contributed by atoms with E-state index in [4.69, 9.17) is 14.2 Å². The summed E-state index contributed by atoms with van der Waals surface area (Å²) >= 11 is 1.40. The van der Waals surface area contributed by atoms with Crippen LogP contribution in [0.2, 0.25) is 0 Å². The second kappa shape index (κ2) is 11.6. The van der Waals surface area contributed by atoms with Crippen molar-refractivity contribution in [2.24, 2.45) is 0 Å². The Bertz CT molecular complexity index is 1740. The Kier molecular flexibility index (Phi) is 7.93. The largest absolute Gasteiger partial charge is 0.494 e. The number of piperidine rings is 1. The van der Waals surface area contributed by atoms with E-state index in [-0.39, 0.29) is 41.1 Å². The van der Waals surface area contributed by atoms with Crippen molar-refractivity contribution in [3.63, 3.8) is 0 Å². The van der Waals surface area contributed by atoms with Crippen molar-refractivity contribution in [1.29, 1.82) is 0 Å². The highest BCUT2D eigenvalue weighted by molar-refractivity contribution is 7.09. The van der Waals surface area contributed by atoms with Crippen LogP contribution in [0.4, 0.5) is 8.78 Å². The first-order valence-corrected chi connectivity index (χ1v) is 13.7. The van der Waals surface area contributed by atoms with Gasteiger partial charge in [-0.3, -0.25) is 9.36 Å². The summed E-state index contributed by atoms with van der Waals surface area (Å²) in [6, 6.07) is 8.88. The number of aryl methyl sites for hydroxylation is 1. The zero-order chi connectivity index (χ0) is 29.3. The maximum atomic E-state index is 14.2. The minimum atomic E-state index is -1.04. The van der Waals surface area contributed by atoms with Gasteiger partial charge in [0.05, 0.1) is 24.6 Å². The molecule has 214 valence electrons. The fourth-order valence-electron chi connectivity index (χ4n) is 4.79. The Hall–Kier alpha value is -4.45. The van der Waals surface area contributed by atoms with E-state index in [9.17, 15) is 18.7 Å². The Balaban J connectivity index is 1.59. The molecule has 4 aromatic rings. The van der Waals surface area contributed by atoms with Crippen molar-refractivity contribution >= 4 is 23.8 Å². The third-order valence-electron chi connectivity index (χ3n) is 6.81. The molecule has 1 N–H and O–H groups in total. The molecule has 1 saturated heterocycles. The van der Waals surface area contributed by atoms with Gasteiger partial charge in [0, 0.05) is 31.3 Å². The number of aliphatic hydroxyl groups is 1. The fourth-order valence-corrected chi connectivity index (χ4v) is 5.38. The van der Waals surface area contributed by atoms with E-state index in [0.717, 1.165) is 11.1 Å². The summed E-state index contributed by atoms with van der Waals surface area (Å²) in [6.45, 7) is 6.40. The Labute approximate surface area is 238 Å². The quantitative estimate of drug-likeness (QED) is 0.354. The summed E-state index contributed by atoms with van der Waals surface area (Å²) in [5.41, 5.74) is 0.163. The van der Waals surface area contributed by atoms with Crippen LogP contribution in [0.3, 0.4) is 0 Å². The van der Waals surface area contributed by atoms with Crippen LogP contribution in [0.25, 0.3) is 29.7 Å². The number of ether oxygens (including phenoxy) is 3. The van der Waals surface area contributed by atoms with E-state index in [1.165, 1.54) is 42.3 Å². The number of benzene rings is 2. The molecule has 0 unspecified atom stereocenters. The normalized spacial score (nSPS) is 14.6. The molecule has 5 rings (SSSR count). The van der Waals surface area contributed by atoms with Crippen LogP contribution < -0.4 is 30.3 Å². The summed E-state index contributed by atoms with van der Waals surface area (Å²) in [7, 11) is 2.96. The molecule has 12 heteroatoms. The van der Waals surface area contributed by atoms with Gasteiger partial charge in [-0.2, -0.15) is 4.39 Å². The van der Waals surface area contributed by atoms with Crippen LogP contribution in [-0.4, -0.2) is 58.0 Å². The summed E-state index contributed by atoms with van der Waals surface area (Å²) in [5.74, 6) is -1.57. The van der Waals surface area contributed by atoms with Crippen molar-refractivity contribution in [2.45, 2.75) is 25.9 Å². The van der Waals surface area contributed by atoms with E-state index in [0.29, 0.717) is 35.7 Å². The number of nitrogens with zero attached hydrogens (tertiary/aromatic N) is 4. The van der Waals surface area contributed by atoms with E-state index in [1.54, 1.807) is 28.5 Å². The lowest BCUT2D eigenvalue weighted by atomic mass is 10.1. The second-order valence-corrected chi connectivity index (χ2v) is 10.4. The zero-order valence-corrected chi connectivity index (χ0v) is 23.5. The second-order valence-electron chi connectivity index (χ2n) is 9.34. The summed E-state index contributed by atoms with van der Waals surface area (Å²) in [6.07, 6.45) is 0.382. The maximum absolute atomic E-state index is 14.2. The number of para-hydroxylation sites is 1. The van der Waals surface area contributed by atoms with Crippen molar-refractivity contribution in [3.05, 3.63) is 79.3 Å². The van der Waals surface area contributed by atoms with Gasteiger partial charge >= 0.3 is 0 Å². The van der Waals surface area contributed by atoms with Crippen LogP contribution in [0.15, 0.2) is 46.6 Å². The number of methoxy groups -OCH3 is 2. The molecule has 2 aromatic heterocycles. The number of aliphatic hydroxyl groups excluding tert-OH is 1. The lowest BCUT2D eigenvalue weighted by Gasteiger charge is -2.32. The lowest BCUT2D eigenvalue weighted by molar-refractivity contribution is 0.109. The molecule has 3 heterocycles. The molecule has 41 heavy (non-hydrogen) atoms. The first-order chi connectivity index (χ1) is 19.7. The van der Waals surface area contributed by atoms with Gasteiger partial charge in [-0.15, -0.1) is 11.3 Å². The van der Waals surface area contributed by atoms with Crippen LogP contribution in [0.5, 0.6) is 17.2 Å². The highest BCUT2D eigenvalue weighted by Gasteiger charge is 2.27. The Morgan fingerprint density at radius 1 is 1.05 bits per heavy atom. The number of thiazole rings is 1. The van der Waals surface area contributed by atoms with Gasteiger partial charge in [0.2, 0.25) is 11.7 Å². The minimum Gasteiger partial charge on any atom is -0.494 e. The van der Waals surface area contributed by atoms with Crippen LogP contribution >= 0.6 is 11.3 Å². The summed E-state index contributed by atoms with van der Waals surface area (Å²) in [4.78, 5) is 25.0. The number of aromatic nitrogens is 3. The molecule has 1 fully saturated rings. The van der Waals surface area contributed by atoms with E-state index < -0.39 is 23.3 Å². The number of halogens is 2. The fraction of sp³-hybridized carbons (Fsp3) is 0.276.